The summed E-state index contributed by atoms with van der Waals surface area (Å²) in [6.07, 6.45) is 11.1. The summed E-state index contributed by atoms with van der Waals surface area (Å²) >= 11 is 0. The molecule has 1 aliphatic carbocycles. The van der Waals surface area contributed by atoms with Crippen molar-refractivity contribution >= 4 is 9.84 Å². The molecule has 0 radical (unpaired) electrons. The molecule has 19 heavy (non-hydrogen) atoms. The Labute approximate surface area is 115 Å². The highest BCUT2D eigenvalue weighted by atomic mass is 32.2. The first-order valence-corrected chi connectivity index (χ1v) is 9.18. The summed E-state index contributed by atoms with van der Waals surface area (Å²) in [6.45, 7) is 0.824. The van der Waals surface area contributed by atoms with Crippen molar-refractivity contribution in [3.05, 3.63) is 18.2 Å². The van der Waals surface area contributed by atoms with Crippen LogP contribution in [0.5, 0.6) is 0 Å². The first kappa shape index (κ1) is 13.2. The first-order chi connectivity index (χ1) is 9.14. The van der Waals surface area contributed by atoms with E-state index in [2.05, 4.69) is 9.55 Å². The maximum absolute atomic E-state index is 11.5. The van der Waals surface area contributed by atoms with Gasteiger partial charge in [0.2, 0.25) is 0 Å². The van der Waals surface area contributed by atoms with E-state index in [0.29, 0.717) is 17.4 Å². The van der Waals surface area contributed by atoms with Crippen LogP contribution >= 0.6 is 0 Å². The minimum Gasteiger partial charge on any atom is -0.334 e. The van der Waals surface area contributed by atoms with Gasteiger partial charge in [-0.25, -0.2) is 13.4 Å². The molecule has 2 aliphatic rings. The third kappa shape index (κ3) is 3.02. The molecule has 5 heteroatoms. The third-order valence-corrected chi connectivity index (χ3v) is 6.34. The van der Waals surface area contributed by atoms with Crippen molar-refractivity contribution in [2.75, 3.05) is 11.5 Å². The molecule has 4 nitrogen and oxygen atoms in total. The minimum absolute atomic E-state index is 0.279. The van der Waals surface area contributed by atoms with Gasteiger partial charge in [-0.2, -0.15) is 0 Å². The van der Waals surface area contributed by atoms with Gasteiger partial charge in [0, 0.05) is 24.9 Å². The van der Waals surface area contributed by atoms with Crippen LogP contribution in [-0.2, 0) is 16.4 Å². The zero-order valence-electron chi connectivity index (χ0n) is 11.3. The molecule has 0 bridgehead atoms. The Bertz CT molecular complexity index is 529. The lowest BCUT2D eigenvalue weighted by Crippen LogP contribution is -2.17. The van der Waals surface area contributed by atoms with Gasteiger partial charge in [0.1, 0.15) is 5.82 Å². The summed E-state index contributed by atoms with van der Waals surface area (Å²) in [5.74, 6) is 2.77. The van der Waals surface area contributed by atoms with Crippen molar-refractivity contribution in [3.63, 3.8) is 0 Å². The van der Waals surface area contributed by atoms with Crippen LogP contribution in [0.3, 0.4) is 0 Å². The molecule has 2 fully saturated rings. The number of rotatable bonds is 3. The Morgan fingerprint density at radius 2 is 2.00 bits per heavy atom. The molecular formula is C14H22N2O2S. The maximum atomic E-state index is 11.5. The fourth-order valence-electron chi connectivity index (χ4n) is 3.49. The summed E-state index contributed by atoms with van der Waals surface area (Å²) in [6, 6.07) is 0. The molecular weight excluding hydrogens is 260 g/mol. The Balaban J connectivity index is 1.70. The summed E-state index contributed by atoms with van der Waals surface area (Å²) < 4.78 is 25.3. The number of sulfone groups is 1. The average molecular weight is 282 g/mol. The second-order valence-corrected chi connectivity index (χ2v) is 8.27. The van der Waals surface area contributed by atoms with E-state index in [0.717, 1.165) is 13.0 Å². The molecule has 1 saturated heterocycles. The summed E-state index contributed by atoms with van der Waals surface area (Å²) in [5.41, 5.74) is 0. The van der Waals surface area contributed by atoms with E-state index >= 15 is 0 Å². The predicted molar refractivity (Wildman–Crippen MR) is 74.8 cm³/mol. The van der Waals surface area contributed by atoms with Crippen molar-refractivity contribution in [2.24, 2.45) is 5.92 Å². The van der Waals surface area contributed by atoms with E-state index in [-0.39, 0.29) is 5.92 Å². The molecule has 0 spiro atoms. The molecule has 0 aromatic carbocycles. The van der Waals surface area contributed by atoms with Crippen molar-refractivity contribution in [2.45, 2.75) is 51.0 Å². The molecule has 1 atom stereocenters. The van der Waals surface area contributed by atoms with Crippen LogP contribution in [0.4, 0.5) is 0 Å². The van der Waals surface area contributed by atoms with Gasteiger partial charge < -0.3 is 4.57 Å². The Morgan fingerprint density at radius 3 is 2.68 bits per heavy atom. The number of aromatic nitrogens is 2. The SMILES string of the molecule is O=S1(=O)CCC(Cn2ccnc2C2CCCCC2)C1. The zero-order valence-corrected chi connectivity index (χ0v) is 12.1. The first-order valence-electron chi connectivity index (χ1n) is 7.35. The van der Waals surface area contributed by atoms with Gasteiger partial charge in [0.25, 0.3) is 0 Å². The van der Waals surface area contributed by atoms with Crippen molar-refractivity contribution < 1.29 is 8.42 Å². The third-order valence-electron chi connectivity index (χ3n) is 4.50. The lowest BCUT2D eigenvalue weighted by molar-refractivity contribution is 0.398. The number of imidazole rings is 1. The van der Waals surface area contributed by atoms with Crippen molar-refractivity contribution in [3.8, 4) is 0 Å². The van der Waals surface area contributed by atoms with Gasteiger partial charge in [-0.3, -0.25) is 0 Å². The van der Waals surface area contributed by atoms with Gasteiger partial charge in [-0.1, -0.05) is 19.3 Å². The number of hydrogen-bond acceptors (Lipinski definition) is 3. The molecule has 1 unspecified atom stereocenters. The van der Waals surface area contributed by atoms with Gasteiger partial charge in [0.05, 0.1) is 11.5 Å². The monoisotopic (exact) mass is 282 g/mol. The minimum atomic E-state index is -2.77. The number of nitrogens with zero attached hydrogens (tertiary/aromatic N) is 2. The van der Waals surface area contributed by atoms with Gasteiger partial charge in [-0.15, -0.1) is 0 Å². The smallest absolute Gasteiger partial charge is 0.150 e. The largest absolute Gasteiger partial charge is 0.334 e. The summed E-state index contributed by atoms with van der Waals surface area (Å²) in [7, 11) is -2.77. The quantitative estimate of drug-likeness (QED) is 0.855. The molecule has 1 aliphatic heterocycles. The fraction of sp³-hybridized carbons (Fsp3) is 0.786. The highest BCUT2D eigenvalue weighted by molar-refractivity contribution is 7.91. The molecule has 0 amide bonds. The Kier molecular flexibility index (Phi) is 3.65. The average Bonchev–Trinajstić information content (AvgIpc) is 2.98. The molecule has 1 aromatic rings. The zero-order chi connectivity index (χ0) is 13.3. The maximum Gasteiger partial charge on any atom is 0.150 e. The molecule has 1 saturated carbocycles. The van der Waals surface area contributed by atoms with Crippen molar-refractivity contribution in [1.82, 2.24) is 9.55 Å². The summed E-state index contributed by atoms with van der Waals surface area (Å²) in [5, 5.41) is 0. The lowest BCUT2D eigenvalue weighted by atomic mass is 9.88. The van der Waals surface area contributed by atoms with E-state index in [1.807, 2.05) is 12.4 Å². The van der Waals surface area contributed by atoms with Crippen LogP contribution in [0, 0.1) is 5.92 Å². The van der Waals surface area contributed by atoms with Crippen molar-refractivity contribution in [1.29, 1.82) is 0 Å². The number of hydrogen-bond donors (Lipinski definition) is 0. The Hall–Kier alpha value is -0.840. The molecule has 2 heterocycles. The lowest BCUT2D eigenvalue weighted by Gasteiger charge is -2.23. The van der Waals surface area contributed by atoms with Crippen LogP contribution < -0.4 is 0 Å². The molecule has 3 rings (SSSR count). The van der Waals surface area contributed by atoms with Crippen LogP contribution in [0.25, 0.3) is 0 Å². The van der Waals surface area contributed by atoms with Gasteiger partial charge >= 0.3 is 0 Å². The highest BCUT2D eigenvalue weighted by Crippen LogP contribution is 2.32. The van der Waals surface area contributed by atoms with E-state index in [4.69, 9.17) is 0 Å². The van der Waals surface area contributed by atoms with E-state index < -0.39 is 9.84 Å². The standard InChI is InChI=1S/C14H22N2O2S/c17-19(18)9-6-12(11-19)10-16-8-7-15-14(16)13-4-2-1-3-5-13/h7-8,12-13H,1-6,9-11H2. The van der Waals surface area contributed by atoms with E-state index in [1.165, 1.54) is 37.9 Å². The molecule has 1 aromatic heterocycles. The predicted octanol–water partition coefficient (Wildman–Crippen LogP) is 2.37. The van der Waals surface area contributed by atoms with E-state index in [9.17, 15) is 8.42 Å². The van der Waals surface area contributed by atoms with Crippen LogP contribution in [0.2, 0.25) is 0 Å². The summed E-state index contributed by atoms with van der Waals surface area (Å²) in [4.78, 5) is 4.53. The normalized spacial score (nSPS) is 27.7. The second kappa shape index (κ2) is 5.27. The Morgan fingerprint density at radius 1 is 1.21 bits per heavy atom. The molecule has 0 N–H and O–H groups in total. The van der Waals surface area contributed by atoms with Crippen LogP contribution in [0.1, 0.15) is 50.3 Å². The molecule has 106 valence electrons. The van der Waals surface area contributed by atoms with Crippen LogP contribution in [0.15, 0.2) is 12.4 Å². The fourth-order valence-corrected chi connectivity index (χ4v) is 5.34. The second-order valence-electron chi connectivity index (χ2n) is 6.04. The van der Waals surface area contributed by atoms with E-state index in [1.54, 1.807) is 0 Å². The topological polar surface area (TPSA) is 52.0 Å². The van der Waals surface area contributed by atoms with Crippen LogP contribution in [-0.4, -0.2) is 29.5 Å². The van der Waals surface area contributed by atoms with Gasteiger partial charge in [-0.05, 0) is 25.2 Å². The highest BCUT2D eigenvalue weighted by Gasteiger charge is 2.29. The van der Waals surface area contributed by atoms with Gasteiger partial charge in [0.15, 0.2) is 9.84 Å².